The van der Waals surface area contributed by atoms with E-state index >= 15 is 0 Å². The summed E-state index contributed by atoms with van der Waals surface area (Å²) in [7, 11) is 0. The van der Waals surface area contributed by atoms with Crippen molar-refractivity contribution in [1.82, 2.24) is 15.1 Å². The summed E-state index contributed by atoms with van der Waals surface area (Å²) in [5.41, 5.74) is 8.80. The fourth-order valence-electron chi connectivity index (χ4n) is 4.14. The molecule has 1 aliphatic heterocycles. The van der Waals surface area contributed by atoms with Gasteiger partial charge in [0.05, 0.1) is 22.9 Å². The lowest BCUT2D eigenvalue weighted by Gasteiger charge is -2.25. The monoisotopic (exact) mass is 352 g/mol. The highest BCUT2D eigenvalue weighted by atomic mass is 16.2. The molecule has 1 saturated carbocycles. The van der Waals surface area contributed by atoms with Gasteiger partial charge in [-0.3, -0.25) is 14.3 Å². The number of hydrogen-bond donors (Lipinski definition) is 2. The summed E-state index contributed by atoms with van der Waals surface area (Å²) in [6.45, 7) is 3.44. The van der Waals surface area contributed by atoms with Gasteiger partial charge >= 0.3 is 0 Å². The van der Waals surface area contributed by atoms with Crippen molar-refractivity contribution in [2.75, 3.05) is 6.54 Å². The van der Waals surface area contributed by atoms with E-state index in [0.717, 1.165) is 43.5 Å². The minimum atomic E-state index is -0.438. The number of aryl methyl sites for hydroxylation is 2. The van der Waals surface area contributed by atoms with Crippen molar-refractivity contribution in [2.45, 2.75) is 44.6 Å². The molecule has 4 rings (SSSR count). The Kier molecular flexibility index (Phi) is 4.05. The van der Waals surface area contributed by atoms with Crippen LogP contribution in [0.2, 0.25) is 0 Å². The van der Waals surface area contributed by atoms with Crippen LogP contribution in [0.1, 0.15) is 46.4 Å². The zero-order valence-corrected chi connectivity index (χ0v) is 15.0. The SMILES string of the molecule is Cc1ccccc1C1(C(=O)NC[C@H]2CCn3ncc(C(N)=O)c3C2)CC1. The van der Waals surface area contributed by atoms with Crippen molar-refractivity contribution in [3.05, 3.63) is 52.8 Å². The fraction of sp³-hybridized carbons (Fsp3) is 0.450. The lowest BCUT2D eigenvalue weighted by atomic mass is 9.90. The smallest absolute Gasteiger partial charge is 0.252 e. The van der Waals surface area contributed by atoms with Gasteiger partial charge in [0.25, 0.3) is 5.91 Å². The Labute approximate surface area is 152 Å². The molecule has 2 heterocycles. The number of carbonyl (C=O) groups is 2. The van der Waals surface area contributed by atoms with Crippen LogP contribution in [0.25, 0.3) is 0 Å². The van der Waals surface area contributed by atoms with Crippen LogP contribution >= 0.6 is 0 Å². The third-order valence-corrected chi connectivity index (χ3v) is 5.84. The number of primary amides is 1. The van der Waals surface area contributed by atoms with Gasteiger partial charge in [-0.2, -0.15) is 5.10 Å². The van der Waals surface area contributed by atoms with Crippen molar-refractivity contribution in [2.24, 2.45) is 11.7 Å². The van der Waals surface area contributed by atoms with Gasteiger partial charge in [-0.15, -0.1) is 0 Å². The van der Waals surface area contributed by atoms with Gasteiger partial charge in [-0.1, -0.05) is 24.3 Å². The van der Waals surface area contributed by atoms with E-state index in [1.807, 2.05) is 16.8 Å². The molecule has 1 aliphatic carbocycles. The van der Waals surface area contributed by atoms with Gasteiger partial charge < -0.3 is 11.1 Å². The Morgan fingerprint density at radius 3 is 2.81 bits per heavy atom. The second kappa shape index (κ2) is 6.27. The third-order valence-electron chi connectivity index (χ3n) is 5.84. The van der Waals surface area contributed by atoms with Crippen molar-refractivity contribution in [3.8, 4) is 0 Å². The van der Waals surface area contributed by atoms with Crippen molar-refractivity contribution in [3.63, 3.8) is 0 Å². The Balaban J connectivity index is 1.42. The summed E-state index contributed by atoms with van der Waals surface area (Å²) in [4.78, 5) is 24.4. The highest BCUT2D eigenvalue weighted by molar-refractivity contribution is 5.94. The first-order chi connectivity index (χ1) is 12.5. The van der Waals surface area contributed by atoms with Crippen LogP contribution in [-0.2, 0) is 23.2 Å². The number of carbonyl (C=O) groups excluding carboxylic acids is 2. The van der Waals surface area contributed by atoms with E-state index < -0.39 is 5.91 Å². The molecule has 3 N–H and O–H groups in total. The lowest BCUT2D eigenvalue weighted by molar-refractivity contribution is -0.123. The molecule has 6 heteroatoms. The van der Waals surface area contributed by atoms with Gasteiger partial charge in [0.1, 0.15) is 0 Å². The van der Waals surface area contributed by atoms with Crippen LogP contribution in [0.3, 0.4) is 0 Å². The summed E-state index contributed by atoms with van der Waals surface area (Å²) >= 11 is 0. The van der Waals surface area contributed by atoms with Gasteiger partial charge in [0.15, 0.2) is 0 Å². The van der Waals surface area contributed by atoms with Crippen molar-refractivity contribution in [1.29, 1.82) is 0 Å². The predicted molar refractivity (Wildman–Crippen MR) is 97.7 cm³/mol. The van der Waals surface area contributed by atoms with Gasteiger partial charge in [0.2, 0.25) is 5.91 Å². The van der Waals surface area contributed by atoms with E-state index in [4.69, 9.17) is 5.73 Å². The number of nitrogens with zero attached hydrogens (tertiary/aromatic N) is 2. The first-order valence-electron chi connectivity index (χ1n) is 9.20. The highest BCUT2D eigenvalue weighted by Gasteiger charge is 2.51. The Morgan fingerprint density at radius 1 is 1.35 bits per heavy atom. The number of nitrogens with one attached hydrogen (secondary N) is 1. The first-order valence-corrected chi connectivity index (χ1v) is 9.20. The Bertz CT molecular complexity index is 866. The molecular formula is C20H24N4O2. The highest BCUT2D eigenvalue weighted by Crippen LogP contribution is 2.49. The normalized spacial score (nSPS) is 20.3. The zero-order chi connectivity index (χ0) is 18.3. The summed E-state index contributed by atoms with van der Waals surface area (Å²) < 4.78 is 1.86. The minimum Gasteiger partial charge on any atom is -0.365 e. The number of rotatable bonds is 5. The average molecular weight is 352 g/mol. The summed E-state index contributed by atoms with van der Waals surface area (Å²) in [6, 6.07) is 8.15. The molecule has 26 heavy (non-hydrogen) atoms. The summed E-state index contributed by atoms with van der Waals surface area (Å²) in [6.07, 6.45) is 5.02. The maximum absolute atomic E-state index is 12.9. The Hall–Kier alpha value is -2.63. The Morgan fingerprint density at radius 2 is 2.12 bits per heavy atom. The van der Waals surface area contributed by atoms with Crippen molar-refractivity contribution >= 4 is 11.8 Å². The standard InChI is InChI=1S/C20H24N4O2/c1-13-4-2-3-5-16(13)20(7-8-20)19(26)22-11-14-6-9-24-17(10-14)15(12-23-24)18(21)25/h2-5,12,14H,6-11H2,1H3,(H2,21,25)(H,22,26)/t14-/m0/s1. The van der Waals surface area contributed by atoms with Crippen molar-refractivity contribution < 1.29 is 9.59 Å². The quantitative estimate of drug-likeness (QED) is 0.858. The number of fused-ring (bicyclic) bond motifs is 1. The minimum absolute atomic E-state index is 0.126. The summed E-state index contributed by atoms with van der Waals surface area (Å²) in [5, 5.41) is 7.40. The first kappa shape index (κ1) is 16.8. The van der Waals surface area contributed by atoms with Gasteiger partial charge in [-0.05, 0) is 49.7 Å². The van der Waals surface area contributed by atoms with Crippen LogP contribution in [-0.4, -0.2) is 28.1 Å². The second-order valence-corrected chi connectivity index (χ2v) is 7.56. The van der Waals surface area contributed by atoms with E-state index in [0.29, 0.717) is 18.0 Å². The molecule has 0 spiro atoms. The molecule has 2 aromatic rings. The number of hydrogen-bond acceptors (Lipinski definition) is 3. The van der Waals surface area contributed by atoms with Crippen LogP contribution in [0.5, 0.6) is 0 Å². The molecular weight excluding hydrogens is 328 g/mol. The van der Waals surface area contributed by atoms with Gasteiger partial charge in [0, 0.05) is 13.1 Å². The van der Waals surface area contributed by atoms with E-state index in [2.05, 4.69) is 29.5 Å². The topological polar surface area (TPSA) is 90.0 Å². The molecule has 2 amide bonds. The molecule has 0 saturated heterocycles. The molecule has 136 valence electrons. The molecule has 1 fully saturated rings. The summed E-state index contributed by atoms with van der Waals surface area (Å²) in [5.74, 6) is -0.0117. The van der Waals surface area contributed by atoms with E-state index in [1.165, 1.54) is 5.56 Å². The number of nitrogens with two attached hydrogens (primary N) is 1. The maximum atomic E-state index is 12.9. The molecule has 6 nitrogen and oxygen atoms in total. The fourth-order valence-corrected chi connectivity index (χ4v) is 4.14. The van der Waals surface area contributed by atoms with E-state index in [-0.39, 0.29) is 11.3 Å². The molecule has 1 aromatic heterocycles. The molecule has 1 aromatic carbocycles. The largest absolute Gasteiger partial charge is 0.365 e. The molecule has 0 unspecified atom stereocenters. The molecule has 1 atom stereocenters. The van der Waals surface area contributed by atoms with Gasteiger partial charge in [-0.25, -0.2) is 0 Å². The number of amides is 2. The number of benzene rings is 1. The molecule has 0 bridgehead atoms. The van der Waals surface area contributed by atoms with E-state index in [9.17, 15) is 9.59 Å². The van der Waals surface area contributed by atoms with E-state index in [1.54, 1.807) is 6.20 Å². The van der Waals surface area contributed by atoms with Crippen LogP contribution < -0.4 is 11.1 Å². The number of aromatic nitrogens is 2. The second-order valence-electron chi connectivity index (χ2n) is 7.56. The third kappa shape index (κ3) is 2.79. The lowest BCUT2D eigenvalue weighted by Crippen LogP contribution is -2.39. The maximum Gasteiger partial charge on any atom is 0.252 e. The molecule has 2 aliphatic rings. The average Bonchev–Trinajstić information content (AvgIpc) is 3.32. The predicted octanol–water partition coefficient (Wildman–Crippen LogP) is 1.70. The van der Waals surface area contributed by atoms with Crippen LogP contribution in [0.15, 0.2) is 30.5 Å². The van der Waals surface area contributed by atoms with Crippen LogP contribution in [0.4, 0.5) is 0 Å². The molecule has 0 radical (unpaired) electrons. The zero-order valence-electron chi connectivity index (χ0n) is 15.0. The van der Waals surface area contributed by atoms with Crippen LogP contribution in [0, 0.1) is 12.8 Å².